The molecule has 0 atom stereocenters. The number of piperidine rings is 1. The molecule has 0 bridgehead atoms. The van der Waals surface area contributed by atoms with E-state index in [1.165, 1.54) is 12.2 Å². The van der Waals surface area contributed by atoms with E-state index in [1.807, 2.05) is 35.2 Å². The molecule has 2 aromatic carbocycles. The number of carbonyl (C=O) groups is 2. The lowest BCUT2D eigenvalue weighted by Gasteiger charge is -2.49. The molecule has 7 nitrogen and oxygen atoms in total. The molecule has 2 aromatic rings. The second kappa shape index (κ2) is 8.06. The topological polar surface area (TPSA) is 90.9 Å². The van der Waals surface area contributed by atoms with Crippen molar-refractivity contribution in [3.63, 3.8) is 0 Å². The Labute approximate surface area is 168 Å². The van der Waals surface area contributed by atoms with Crippen LogP contribution < -0.4 is 15.5 Å². The van der Waals surface area contributed by atoms with E-state index in [4.69, 9.17) is 9.94 Å². The predicted molar refractivity (Wildman–Crippen MR) is 107 cm³/mol. The number of amides is 2. The minimum atomic E-state index is -0.667. The molecule has 1 spiro atoms. The molecular formula is C22H23N3O4. The molecule has 29 heavy (non-hydrogen) atoms. The summed E-state index contributed by atoms with van der Waals surface area (Å²) >= 11 is 0. The van der Waals surface area contributed by atoms with Gasteiger partial charge in [-0.2, -0.15) is 0 Å². The van der Waals surface area contributed by atoms with Gasteiger partial charge in [0.2, 0.25) is 0 Å². The highest BCUT2D eigenvalue weighted by Gasteiger charge is 2.47. The van der Waals surface area contributed by atoms with Gasteiger partial charge in [-0.1, -0.05) is 36.4 Å². The summed E-state index contributed by atoms with van der Waals surface area (Å²) in [5.41, 5.74) is 3.06. The zero-order chi connectivity index (χ0) is 20.3. The number of nitrogens with zero attached hydrogens (tertiary/aromatic N) is 1. The largest absolute Gasteiger partial charge is 0.467 e. The van der Waals surface area contributed by atoms with Crippen LogP contribution in [-0.4, -0.2) is 40.7 Å². The zero-order valence-corrected chi connectivity index (χ0v) is 15.9. The summed E-state index contributed by atoms with van der Waals surface area (Å²) in [7, 11) is 0. The van der Waals surface area contributed by atoms with Crippen LogP contribution in [-0.2, 0) is 11.3 Å². The fourth-order valence-electron chi connectivity index (χ4n) is 3.88. The minimum Gasteiger partial charge on any atom is -0.467 e. The van der Waals surface area contributed by atoms with Crippen molar-refractivity contribution in [3.05, 3.63) is 71.3 Å². The first-order valence-corrected chi connectivity index (χ1v) is 9.63. The fourth-order valence-corrected chi connectivity index (χ4v) is 3.88. The van der Waals surface area contributed by atoms with Gasteiger partial charge in [-0.05, 0) is 29.3 Å². The molecule has 1 fully saturated rings. The van der Waals surface area contributed by atoms with Gasteiger partial charge in [0.1, 0.15) is 5.75 Å². The summed E-state index contributed by atoms with van der Waals surface area (Å²) < 4.78 is 6.44. The van der Waals surface area contributed by atoms with Gasteiger partial charge in [0.05, 0.1) is 5.56 Å². The molecule has 0 saturated carbocycles. The highest BCUT2D eigenvalue weighted by atomic mass is 16.5. The first kappa shape index (κ1) is 19.2. The van der Waals surface area contributed by atoms with E-state index in [-0.39, 0.29) is 5.91 Å². The molecule has 0 aromatic heterocycles. The minimum absolute atomic E-state index is 0.0844. The lowest BCUT2D eigenvalue weighted by Crippen LogP contribution is -2.62. The van der Waals surface area contributed by atoms with Crippen molar-refractivity contribution in [1.82, 2.24) is 15.7 Å². The normalized spacial score (nSPS) is 17.8. The molecule has 150 valence electrons. The maximum Gasteiger partial charge on any atom is 0.267 e. The van der Waals surface area contributed by atoms with E-state index in [0.717, 1.165) is 18.7 Å². The Morgan fingerprint density at radius 1 is 1.21 bits per heavy atom. The van der Waals surface area contributed by atoms with Gasteiger partial charge in [0, 0.05) is 38.6 Å². The Morgan fingerprint density at radius 2 is 1.97 bits per heavy atom. The van der Waals surface area contributed by atoms with E-state index in [0.29, 0.717) is 36.3 Å². The van der Waals surface area contributed by atoms with Crippen LogP contribution in [0.4, 0.5) is 0 Å². The Morgan fingerprint density at radius 3 is 2.69 bits per heavy atom. The number of ether oxygens (including phenoxy) is 1. The maximum atomic E-state index is 13.5. The Hall–Kier alpha value is -3.16. The molecule has 2 aliphatic heterocycles. The maximum absolute atomic E-state index is 13.5. The smallest absolute Gasteiger partial charge is 0.267 e. The molecule has 2 amide bonds. The second-order valence-electron chi connectivity index (χ2n) is 7.24. The zero-order valence-electron chi connectivity index (χ0n) is 15.9. The van der Waals surface area contributed by atoms with Crippen LogP contribution in [0.3, 0.4) is 0 Å². The average molecular weight is 393 g/mol. The molecule has 4 rings (SSSR count). The number of hydrogen-bond donors (Lipinski definition) is 3. The number of benzene rings is 2. The van der Waals surface area contributed by atoms with Crippen molar-refractivity contribution >= 4 is 17.9 Å². The Bertz CT molecular complexity index is 936. The van der Waals surface area contributed by atoms with Crippen molar-refractivity contribution in [2.45, 2.75) is 25.1 Å². The summed E-state index contributed by atoms with van der Waals surface area (Å²) in [4.78, 5) is 26.6. The van der Waals surface area contributed by atoms with Gasteiger partial charge in [-0.15, -0.1) is 0 Å². The van der Waals surface area contributed by atoms with Gasteiger partial charge in [0.25, 0.3) is 11.8 Å². The molecular weight excluding hydrogens is 370 g/mol. The quantitative estimate of drug-likeness (QED) is 0.421. The summed E-state index contributed by atoms with van der Waals surface area (Å²) in [5.74, 6) is -0.159. The lowest BCUT2D eigenvalue weighted by atomic mass is 9.94. The summed E-state index contributed by atoms with van der Waals surface area (Å²) in [5, 5.41) is 12.0. The van der Waals surface area contributed by atoms with Crippen LogP contribution in [0.1, 0.15) is 34.3 Å². The summed E-state index contributed by atoms with van der Waals surface area (Å²) in [6.45, 7) is 2.03. The van der Waals surface area contributed by atoms with E-state index in [9.17, 15) is 9.59 Å². The number of fused-ring (bicyclic) bond motifs is 1. The van der Waals surface area contributed by atoms with Crippen molar-refractivity contribution in [2.24, 2.45) is 0 Å². The number of hydrogen-bond acceptors (Lipinski definition) is 5. The molecule has 2 heterocycles. The molecule has 2 aliphatic rings. The highest BCUT2D eigenvalue weighted by molar-refractivity contribution is 5.99. The SMILES string of the molecule is O=C(/C=C/c1ccc2c(c1)C(=O)N(Cc1ccccc1)C1(CCNCC1)O2)NO. The van der Waals surface area contributed by atoms with Gasteiger partial charge in [-0.3, -0.25) is 19.7 Å². The predicted octanol–water partition coefficient (Wildman–Crippen LogP) is 2.32. The number of hydroxylamine groups is 1. The van der Waals surface area contributed by atoms with Crippen LogP contribution in [0, 0.1) is 0 Å². The lowest BCUT2D eigenvalue weighted by molar-refractivity contribution is -0.124. The molecule has 3 N–H and O–H groups in total. The molecule has 0 aliphatic carbocycles. The number of nitrogens with one attached hydrogen (secondary N) is 2. The molecule has 1 saturated heterocycles. The van der Waals surface area contributed by atoms with E-state index < -0.39 is 11.6 Å². The fraction of sp³-hybridized carbons (Fsp3) is 0.273. The highest BCUT2D eigenvalue weighted by Crippen LogP contribution is 2.39. The average Bonchev–Trinajstić information content (AvgIpc) is 2.76. The standard InChI is InChI=1S/C22H23N3O4/c26-20(24-28)9-7-16-6-8-19-18(14-16)21(27)25(15-17-4-2-1-3-5-17)22(29-19)10-12-23-13-11-22/h1-9,14,23,28H,10-13,15H2,(H,24,26)/b9-7+. The number of rotatable bonds is 4. The van der Waals surface area contributed by atoms with Crippen LogP contribution in [0.2, 0.25) is 0 Å². The monoisotopic (exact) mass is 393 g/mol. The third-order valence-corrected chi connectivity index (χ3v) is 5.38. The first-order valence-electron chi connectivity index (χ1n) is 9.63. The molecule has 7 heteroatoms. The van der Waals surface area contributed by atoms with Gasteiger partial charge in [0.15, 0.2) is 5.72 Å². The Kier molecular flexibility index (Phi) is 5.33. The Balaban J connectivity index is 1.70. The van der Waals surface area contributed by atoms with Gasteiger partial charge in [-0.25, -0.2) is 5.48 Å². The first-order chi connectivity index (χ1) is 14.1. The molecule has 0 unspecified atom stereocenters. The van der Waals surface area contributed by atoms with Crippen molar-refractivity contribution in [1.29, 1.82) is 0 Å². The summed E-state index contributed by atoms with van der Waals surface area (Å²) in [6, 6.07) is 15.2. The van der Waals surface area contributed by atoms with Crippen molar-refractivity contribution < 1.29 is 19.5 Å². The third kappa shape index (κ3) is 3.87. The van der Waals surface area contributed by atoms with Crippen molar-refractivity contribution in [2.75, 3.05) is 13.1 Å². The van der Waals surface area contributed by atoms with Crippen LogP contribution in [0.25, 0.3) is 6.08 Å². The molecule has 0 radical (unpaired) electrons. The van der Waals surface area contributed by atoms with Crippen LogP contribution in [0.15, 0.2) is 54.6 Å². The van der Waals surface area contributed by atoms with E-state index >= 15 is 0 Å². The third-order valence-electron chi connectivity index (χ3n) is 5.38. The van der Waals surface area contributed by atoms with Crippen LogP contribution >= 0.6 is 0 Å². The van der Waals surface area contributed by atoms with E-state index in [1.54, 1.807) is 23.7 Å². The van der Waals surface area contributed by atoms with E-state index in [2.05, 4.69) is 5.32 Å². The number of carbonyl (C=O) groups excluding carboxylic acids is 2. The van der Waals surface area contributed by atoms with Crippen molar-refractivity contribution in [3.8, 4) is 5.75 Å². The van der Waals surface area contributed by atoms with Crippen LogP contribution in [0.5, 0.6) is 5.75 Å². The summed E-state index contributed by atoms with van der Waals surface area (Å²) in [6.07, 6.45) is 4.16. The second-order valence-corrected chi connectivity index (χ2v) is 7.24. The van der Waals surface area contributed by atoms with Gasteiger partial charge < -0.3 is 10.1 Å². The van der Waals surface area contributed by atoms with Gasteiger partial charge >= 0.3 is 0 Å².